The maximum atomic E-state index is 10.7. The Balaban J connectivity index is 2.07. The van der Waals surface area contributed by atoms with Crippen LogP contribution >= 0.6 is 0 Å². The molecule has 0 aromatic carbocycles. The van der Waals surface area contributed by atoms with E-state index in [1.807, 2.05) is 0 Å². The van der Waals surface area contributed by atoms with E-state index >= 15 is 0 Å². The van der Waals surface area contributed by atoms with E-state index in [0.717, 1.165) is 19.3 Å². The van der Waals surface area contributed by atoms with Crippen LogP contribution in [0.4, 0.5) is 0 Å². The van der Waals surface area contributed by atoms with E-state index in [-0.39, 0.29) is 17.9 Å². The van der Waals surface area contributed by atoms with E-state index in [4.69, 9.17) is 9.84 Å². The van der Waals surface area contributed by atoms with Gasteiger partial charge < -0.3 is 9.84 Å². The van der Waals surface area contributed by atoms with E-state index < -0.39 is 5.97 Å². The highest BCUT2D eigenvalue weighted by atomic mass is 16.5. The smallest absolute Gasteiger partial charge is 0.303 e. The van der Waals surface area contributed by atoms with E-state index in [1.54, 1.807) is 0 Å². The van der Waals surface area contributed by atoms with Crippen molar-refractivity contribution < 1.29 is 14.6 Å². The molecule has 0 amide bonds. The van der Waals surface area contributed by atoms with Crippen molar-refractivity contribution in [2.24, 2.45) is 5.41 Å². The van der Waals surface area contributed by atoms with Crippen molar-refractivity contribution >= 4 is 5.97 Å². The summed E-state index contributed by atoms with van der Waals surface area (Å²) in [5, 5.41) is 8.80. The van der Waals surface area contributed by atoms with Crippen molar-refractivity contribution in [3.05, 3.63) is 0 Å². The number of carbonyl (C=O) groups is 1. The summed E-state index contributed by atoms with van der Waals surface area (Å²) < 4.78 is 5.79. The lowest BCUT2D eigenvalue weighted by Gasteiger charge is -2.18. The number of carboxylic acid groups (broad SMARTS) is 1. The molecule has 100 valence electrons. The second-order valence-corrected chi connectivity index (χ2v) is 5.54. The average Bonchev–Trinajstić information content (AvgIpc) is 3.01. The van der Waals surface area contributed by atoms with Crippen molar-refractivity contribution in [3.63, 3.8) is 0 Å². The quantitative estimate of drug-likeness (QED) is 0.595. The van der Waals surface area contributed by atoms with E-state index in [2.05, 4.69) is 13.8 Å². The molecule has 1 aliphatic carbocycles. The summed E-state index contributed by atoms with van der Waals surface area (Å²) in [6.07, 6.45) is 8.75. The van der Waals surface area contributed by atoms with Crippen molar-refractivity contribution in [2.45, 2.75) is 71.3 Å². The summed E-state index contributed by atoms with van der Waals surface area (Å²) in [6.45, 7) is 4.94. The Morgan fingerprint density at radius 3 is 2.59 bits per heavy atom. The SMILES string of the molecule is CCCCCCC(C)OCC1(CC(=O)O)CC1. The molecule has 0 saturated heterocycles. The van der Waals surface area contributed by atoms with Gasteiger partial charge in [-0.25, -0.2) is 0 Å². The molecular weight excluding hydrogens is 216 g/mol. The van der Waals surface area contributed by atoms with Crippen LogP contribution in [0.1, 0.15) is 65.2 Å². The molecule has 1 fully saturated rings. The fraction of sp³-hybridized carbons (Fsp3) is 0.929. The normalized spacial score (nSPS) is 18.9. The van der Waals surface area contributed by atoms with Crippen LogP contribution in [0.25, 0.3) is 0 Å². The lowest BCUT2D eigenvalue weighted by atomic mass is 10.0. The van der Waals surface area contributed by atoms with Gasteiger partial charge in [-0.05, 0) is 26.2 Å². The van der Waals surface area contributed by atoms with Crippen molar-refractivity contribution in [2.75, 3.05) is 6.61 Å². The number of hydrogen-bond donors (Lipinski definition) is 1. The molecule has 0 aromatic heterocycles. The van der Waals surface area contributed by atoms with Crippen LogP contribution in [0.5, 0.6) is 0 Å². The largest absolute Gasteiger partial charge is 0.481 e. The number of carboxylic acids is 1. The maximum Gasteiger partial charge on any atom is 0.303 e. The molecule has 1 aliphatic rings. The summed E-state index contributed by atoms with van der Waals surface area (Å²) in [6, 6.07) is 0. The Hall–Kier alpha value is -0.570. The van der Waals surface area contributed by atoms with Crippen LogP contribution in [0.15, 0.2) is 0 Å². The van der Waals surface area contributed by atoms with E-state index in [9.17, 15) is 4.79 Å². The first-order valence-electron chi connectivity index (χ1n) is 6.91. The summed E-state index contributed by atoms with van der Waals surface area (Å²) >= 11 is 0. The topological polar surface area (TPSA) is 46.5 Å². The zero-order chi connectivity index (χ0) is 12.7. The zero-order valence-electron chi connectivity index (χ0n) is 11.2. The molecule has 0 aromatic rings. The lowest BCUT2D eigenvalue weighted by Crippen LogP contribution is -2.19. The van der Waals surface area contributed by atoms with Gasteiger partial charge in [-0.3, -0.25) is 4.79 Å². The third-order valence-electron chi connectivity index (χ3n) is 3.62. The highest BCUT2D eigenvalue weighted by molar-refractivity contribution is 5.68. The van der Waals surface area contributed by atoms with Gasteiger partial charge in [0.1, 0.15) is 0 Å². The van der Waals surface area contributed by atoms with Gasteiger partial charge in [-0.2, -0.15) is 0 Å². The summed E-state index contributed by atoms with van der Waals surface area (Å²) in [7, 11) is 0. The van der Waals surface area contributed by atoms with Crippen molar-refractivity contribution in [3.8, 4) is 0 Å². The molecular formula is C14H26O3. The minimum Gasteiger partial charge on any atom is -0.481 e. The monoisotopic (exact) mass is 242 g/mol. The highest BCUT2D eigenvalue weighted by Gasteiger charge is 2.44. The molecule has 3 heteroatoms. The van der Waals surface area contributed by atoms with Crippen LogP contribution in [0.2, 0.25) is 0 Å². The summed E-state index contributed by atoms with van der Waals surface area (Å²) in [5.41, 5.74) is -0.0243. The molecule has 1 unspecified atom stereocenters. The van der Waals surface area contributed by atoms with Crippen LogP contribution < -0.4 is 0 Å². The van der Waals surface area contributed by atoms with Gasteiger partial charge >= 0.3 is 5.97 Å². The molecule has 0 heterocycles. The predicted molar refractivity (Wildman–Crippen MR) is 68.1 cm³/mol. The van der Waals surface area contributed by atoms with E-state index in [1.165, 1.54) is 25.7 Å². The predicted octanol–water partition coefficient (Wildman–Crippen LogP) is 3.62. The zero-order valence-corrected chi connectivity index (χ0v) is 11.2. The average molecular weight is 242 g/mol. The molecule has 1 rings (SSSR count). The van der Waals surface area contributed by atoms with Crippen LogP contribution in [-0.2, 0) is 9.53 Å². The molecule has 1 N–H and O–H groups in total. The van der Waals surface area contributed by atoms with Gasteiger partial charge in [0.15, 0.2) is 0 Å². The Morgan fingerprint density at radius 2 is 2.06 bits per heavy atom. The standard InChI is InChI=1S/C14H26O3/c1-3-4-5-6-7-12(2)17-11-14(8-9-14)10-13(15)16/h12H,3-11H2,1-2H3,(H,15,16). The molecule has 3 nitrogen and oxygen atoms in total. The third-order valence-corrected chi connectivity index (χ3v) is 3.62. The third kappa shape index (κ3) is 6.06. The van der Waals surface area contributed by atoms with Crippen molar-refractivity contribution in [1.29, 1.82) is 0 Å². The lowest BCUT2D eigenvalue weighted by molar-refractivity contribution is -0.139. The van der Waals surface area contributed by atoms with Crippen LogP contribution in [0.3, 0.4) is 0 Å². The summed E-state index contributed by atoms with van der Waals surface area (Å²) in [5.74, 6) is -0.693. The minimum atomic E-state index is -0.693. The second-order valence-electron chi connectivity index (χ2n) is 5.54. The Morgan fingerprint density at radius 1 is 1.35 bits per heavy atom. The van der Waals surface area contributed by atoms with Crippen LogP contribution in [0, 0.1) is 5.41 Å². The van der Waals surface area contributed by atoms with E-state index in [0.29, 0.717) is 6.61 Å². The van der Waals surface area contributed by atoms with Gasteiger partial charge in [0, 0.05) is 5.41 Å². The Kier molecular flexibility index (Phi) is 5.96. The first-order valence-corrected chi connectivity index (χ1v) is 6.91. The summed E-state index contributed by atoms with van der Waals surface area (Å²) in [4.78, 5) is 10.7. The first-order chi connectivity index (χ1) is 8.08. The highest BCUT2D eigenvalue weighted by Crippen LogP contribution is 2.49. The number of unbranched alkanes of at least 4 members (excludes halogenated alkanes) is 3. The Bertz CT molecular complexity index is 234. The van der Waals surface area contributed by atoms with Gasteiger partial charge in [-0.1, -0.05) is 32.6 Å². The fourth-order valence-corrected chi connectivity index (χ4v) is 2.13. The number of rotatable bonds is 10. The van der Waals surface area contributed by atoms with Crippen molar-refractivity contribution in [1.82, 2.24) is 0 Å². The number of ether oxygens (including phenoxy) is 1. The molecule has 0 spiro atoms. The molecule has 0 bridgehead atoms. The molecule has 1 saturated carbocycles. The molecule has 0 radical (unpaired) electrons. The van der Waals surface area contributed by atoms with Crippen LogP contribution in [-0.4, -0.2) is 23.8 Å². The molecule has 1 atom stereocenters. The van der Waals surface area contributed by atoms with Gasteiger partial charge in [0.25, 0.3) is 0 Å². The van der Waals surface area contributed by atoms with Gasteiger partial charge in [0.05, 0.1) is 19.1 Å². The molecule has 17 heavy (non-hydrogen) atoms. The maximum absolute atomic E-state index is 10.7. The number of hydrogen-bond acceptors (Lipinski definition) is 2. The van der Waals surface area contributed by atoms with Gasteiger partial charge in [0.2, 0.25) is 0 Å². The van der Waals surface area contributed by atoms with Gasteiger partial charge in [-0.15, -0.1) is 0 Å². The molecule has 0 aliphatic heterocycles. The first kappa shape index (κ1) is 14.5. The number of aliphatic carboxylic acids is 1. The second kappa shape index (κ2) is 7.00. The minimum absolute atomic E-state index is 0.0243. The Labute approximate surface area is 105 Å². The fourth-order valence-electron chi connectivity index (χ4n) is 2.13.